The molecule has 0 bridgehead atoms. The fourth-order valence-electron chi connectivity index (χ4n) is 5.21. The van der Waals surface area contributed by atoms with E-state index in [0.29, 0.717) is 48.9 Å². The van der Waals surface area contributed by atoms with Crippen LogP contribution in [0.5, 0.6) is 0 Å². The van der Waals surface area contributed by atoms with Crippen molar-refractivity contribution < 1.29 is 13.9 Å². The molecule has 34 heavy (non-hydrogen) atoms. The number of nitrogens with zero attached hydrogens (tertiary/aromatic N) is 3. The summed E-state index contributed by atoms with van der Waals surface area (Å²) in [5, 5.41) is 0.834. The number of Topliss-reactive ketones (excluding diaryl/α,β-unsaturated/α-hetero) is 1. The standard InChI is InChI=1S/C25H30FN5O2S/c1-13-3-5-17-22(28)23(34-25(17)29-13)21(32)8-14-4-6-20-15(7-14)9-18(26)24(30-20)31-10-16(12-33-2)19(27)11-31/h3,5,9,14,16,19H,4,6-8,10-12,27-28H2,1-2H3/t14-,16+,19+/m1/s1. The van der Waals surface area contributed by atoms with Gasteiger partial charge in [0.15, 0.2) is 17.4 Å². The highest BCUT2D eigenvalue weighted by Crippen LogP contribution is 2.36. The van der Waals surface area contributed by atoms with E-state index in [1.54, 1.807) is 13.2 Å². The number of ether oxygens (including phenoxy) is 1. The Kier molecular flexibility index (Phi) is 6.26. The number of methoxy groups -OCH3 is 1. The van der Waals surface area contributed by atoms with Crippen molar-refractivity contribution in [2.45, 2.75) is 38.6 Å². The molecule has 0 spiro atoms. The van der Waals surface area contributed by atoms with Gasteiger partial charge in [0.1, 0.15) is 4.83 Å². The molecule has 0 aromatic carbocycles. The molecule has 7 nitrogen and oxygen atoms in total. The third-order valence-electron chi connectivity index (χ3n) is 7.06. The molecule has 2 aliphatic rings. The lowest BCUT2D eigenvalue weighted by Crippen LogP contribution is -2.32. The zero-order valence-corrected chi connectivity index (χ0v) is 20.3. The largest absolute Gasteiger partial charge is 0.397 e. The van der Waals surface area contributed by atoms with E-state index in [9.17, 15) is 4.79 Å². The summed E-state index contributed by atoms with van der Waals surface area (Å²) in [6.07, 6.45) is 2.59. The number of carbonyl (C=O) groups excluding carboxylic acids is 1. The first-order chi connectivity index (χ1) is 16.3. The quantitative estimate of drug-likeness (QED) is 0.517. The fraction of sp³-hybridized carbons (Fsp3) is 0.480. The second-order valence-electron chi connectivity index (χ2n) is 9.57. The lowest BCUT2D eigenvalue weighted by Gasteiger charge is -2.26. The van der Waals surface area contributed by atoms with Crippen molar-refractivity contribution in [3.05, 3.63) is 45.8 Å². The Morgan fingerprint density at radius 3 is 2.94 bits per heavy atom. The zero-order chi connectivity index (χ0) is 24.0. The van der Waals surface area contributed by atoms with Gasteiger partial charge < -0.3 is 21.1 Å². The smallest absolute Gasteiger partial charge is 0.175 e. The van der Waals surface area contributed by atoms with Crippen LogP contribution in [0.1, 0.15) is 39.5 Å². The van der Waals surface area contributed by atoms with Crippen molar-refractivity contribution in [3.8, 4) is 0 Å². The first-order valence-electron chi connectivity index (χ1n) is 11.7. The number of nitrogens with two attached hydrogens (primary N) is 2. The van der Waals surface area contributed by atoms with E-state index in [4.69, 9.17) is 21.2 Å². The molecule has 5 rings (SSSR count). The number of halogens is 1. The summed E-state index contributed by atoms with van der Waals surface area (Å²) in [6.45, 7) is 3.68. The summed E-state index contributed by atoms with van der Waals surface area (Å²) in [5.74, 6) is 0.386. The Labute approximate surface area is 202 Å². The number of aryl methyl sites for hydroxylation is 2. The first-order valence-corrected chi connectivity index (χ1v) is 12.5. The van der Waals surface area contributed by atoms with Crippen LogP contribution in [-0.4, -0.2) is 48.6 Å². The molecule has 3 atom stereocenters. The van der Waals surface area contributed by atoms with Gasteiger partial charge in [-0.05, 0) is 55.9 Å². The Bertz CT molecular complexity index is 1250. The van der Waals surface area contributed by atoms with Crippen LogP contribution in [-0.2, 0) is 17.6 Å². The van der Waals surface area contributed by atoms with E-state index in [0.717, 1.165) is 40.0 Å². The molecular formula is C25H30FN5O2S. The normalized spacial score (nSPS) is 22.4. The molecule has 0 amide bonds. The van der Waals surface area contributed by atoms with Gasteiger partial charge in [-0.1, -0.05) is 0 Å². The Hall–Kier alpha value is -2.62. The van der Waals surface area contributed by atoms with Gasteiger partial charge in [-0.15, -0.1) is 11.3 Å². The number of ketones is 1. The van der Waals surface area contributed by atoms with Gasteiger partial charge in [0, 0.05) is 55.4 Å². The van der Waals surface area contributed by atoms with E-state index in [1.807, 2.05) is 24.0 Å². The molecule has 0 radical (unpaired) electrons. The lowest BCUT2D eigenvalue weighted by molar-refractivity contribution is 0.0962. The number of hydrogen-bond acceptors (Lipinski definition) is 8. The summed E-state index contributed by atoms with van der Waals surface area (Å²) in [7, 11) is 1.65. The number of pyridine rings is 2. The molecule has 3 aromatic rings. The van der Waals surface area contributed by atoms with Crippen LogP contribution in [0.15, 0.2) is 18.2 Å². The first kappa shape index (κ1) is 23.1. The van der Waals surface area contributed by atoms with Crippen molar-refractivity contribution in [1.29, 1.82) is 0 Å². The monoisotopic (exact) mass is 483 g/mol. The maximum atomic E-state index is 15.1. The Morgan fingerprint density at radius 1 is 1.32 bits per heavy atom. The molecular weight excluding hydrogens is 453 g/mol. The highest BCUT2D eigenvalue weighted by molar-refractivity contribution is 7.21. The minimum atomic E-state index is -0.328. The molecule has 1 aliphatic carbocycles. The van der Waals surface area contributed by atoms with E-state index >= 15 is 4.39 Å². The van der Waals surface area contributed by atoms with Crippen molar-refractivity contribution in [3.63, 3.8) is 0 Å². The molecule has 1 aliphatic heterocycles. The van der Waals surface area contributed by atoms with Gasteiger partial charge in [0.2, 0.25) is 0 Å². The van der Waals surface area contributed by atoms with Gasteiger partial charge in [0.05, 0.1) is 17.2 Å². The van der Waals surface area contributed by atoms with Gasteiger partial charge in [0.25, 0.3) is 0 Å². The fourth-order valence-corrected chi connectivity index (χ4v) is 6.30. The van der Waals surface area contributed by atoms with Crippen LogP contribution in [0.3, 0.4) is 0 Å². The van der Waals surface area contributed by atoms with Crippen molar-refractivity contribution >= 4 is 38.8 Å². The van der Waals surface area contributed by atoms with Crippen LogP contribution in [0, 0.1) is 24.6 Å². The van der Waals surface area contributed by atoms with Crippen LogP contribution in [0.2, 0.25) is 0 Å². The molecule has 4 N–H and O–H groups in total. The third-order valence-corrected chi connectivity index (χ3v) is 8.21. The average Bonchev–Trinajstić information content (AvgIpc) is 3.32. The second kappa shape index (κ2) is 9.20. The van der Waals surface area contributed by atoms with E-state index in [1.165, 1.54) is 11.3 Å². The van der Waals surface area contributed by atoms with Crippen LogP contribution < -0.4 is 16.4 Å². The maximum absolute atomic E-state index is 15.1. The highest BCUT2D eigenvalue weighted by Gasteiger charge is 2.33. The number of carbonyl (C=O) groups is 1. The summed E-state index contributed by atoms with van der Waals surface area (Å²) in [5.41, 5.74) is 15.7. The molecule has 4 heterocycles. The summed E-state index contributed by atoms with van der Waals surface area (Å²) < 4.78 is 20.3. The van der Waals surface area contributed by atoms with Gasteiger partial charge in [-0.3, -0.25) is 4.79 Å². The Balaban J connectivity index is 1.30. The minimum absolute atomic E-state index is 0.0342. The number of nitrogen functional groups attached to an aromatic ring is 1. The number of thiophene rings is 1. The molecule has 9 heteroatoms. The van der Waals surface area contributed by atoms with Gasteiger partial charge >= 0.3 is 0 Å². The van der Waals surface area contributed by atoms with Crippen LogP contribution in [0.4, 0.5) is 15.9 Å². The Morgan fingerprint density at radius 2 is 2.15 bits per heavy atom. The topological polar surface area (TPSA) is 107 Å². The predicted octanol–water partition coefficient (Wildman–Crippen LogP) is 3.51. The zero-order valence-electron chi connectivity index (χ0n) is 19.5. The maximum Gasteiger partial charge on any atom is 0.175 e. The van der Waals surface area contributed by atoms with Gasteiger partial charge in [-0.25, -0.2) is 14.4 Å². The predicted molar refractivity (Wildman–Crippen MR) is 133 cm³/mol. The molecule has 0 unspecified atom stereocenters. The number of fused-ring (bicyclic) bond motifs is 2. The van der Waals surface area contributed by atoms with Crippen LogP contribution >= 0.6 is 11.3 Å². The van der Waals surface area contributed by atoms with Crippen molar-refractivity contribution in [2.75, 3.05) is 37.4 Å². The minimum Gasteiger partial charge on any atom is -0.397 e. The van der Waals surface area contributed by atoms with E-state index in [2.05, 4.69) is 4.98 Å². The molecule has 180 valence electrons. The highest BCUT2D eigenvalue weighted by atomic mass is 32.1. The third kappa shape index (κ3) is 4.28. The number of hydrogen-bond donors (Lipinski definition) is 2. The number of anilines is 2. The summed E-state index contributed by atoms with van der Waals surface area (Å²) in [4.78, 5) is 25.6. The molecule has 1 fully saturated rings. The van der Waals surface area contributed by atoms with Gasteiger partial charge in [-0.2, -0.15) is 0 Å². The molecule has 3 aromatic heterocycles. The van der Waals surface area contributed by atoms with Crippen molar-refractivity contribution in [2.24, 2.45) is 17.6 Å². The van der Waals surface area contributed by atoms with Crippen LogP contribution in [0.25, 0.3) is 10.2 Å². The number of rotatable bonds is 6. The van der Waals surface area contributed by atoms with E-state index < -0.39 is 0 Å². The average molecular weight is 484 g/mol. The van der Waals surface area contributed by atoms with E-state index in [-0.39, 0.29) is 29.5 Å². The second-order valence-corrected chi connectivity index (χ2v) is 10.6. The molecule has 1 saturated heterocycles. The van der Waals surface area contributed by atoms with Crippen molar-refractivity contribution in [1.82, 2.24) is 9.97 Å². The molecule has 0 saturated carbocycles. The number of aromatic nitrogens is 2. The SMILES string of the molecule is COC[C@@H]1CN(c2nc3c(cc2F)C[C@H](CC(=O)c2sc4nc(C)ccc4c2N)CC3)C[C@@H]1N. The summed E-state index contributed by atoms with van der Waals surface area (Å²) in [6, 6.07) is 5.37. The lowest BCUT2D eigenvalue weighted by atomic mass is 9.83. The summed E-state index contributed by atoms with van der Waals surface area (Å²) >= 11 is 1.36.